The lowest BCUT2D eigenvalue weighted by atomic mass is 10.5. The molecule has 0 radical (unpaired) electrons. The van der Waals surface area contributed by atoms with Crippen molar-refractivity contribution in [1.82, 2.24) is 19.1 Å². The first kappa shape index (κ1) is 23.6. The van der Waals surface area contributed by atoms with E-state index in [-0.39, 0.29) is 31.9 Å². The van der Waals surface area contributed by atoms with Crippen LogP contribution in [0.25, 0.3) is 0 Å². The van der Waals surface area contributed by atoms with Gasteiger partial charge < -0.3 is 4.90 Å². The standard InChI is InChI=1S/C12H24N4O6S3/c1-4-23(17,18)13-7-10-16(11-8-14-24(19,20)5-2)12-9-15-25(21,22)6-3/h4-5,9,12-15H,1-2,6-8,10-11H2,3H3/b12-9+. The third-order valence-electron chi connectivity index (χ3n) is 2.76. The minimum Gasteiger partial charge on any atom is -0.374 e. The minimum absolute atomic E-state index is 0.0213. The molecule has 0 aliphatic heterocycles. The zero-order chi connectivity index (χ0) is 19.6. The second kappa shape index (κ2) is 10.6. The summed E-state index contributed by atoms with van der Waals surface area (Å²) in [6.45, 7) is 8.19. The lowest BCUT2D eigenvalue weighted by molar-refractivity contribution is 0.383. The Bertz CT molecular complexity index is 728. The predicted octanol–water partition coefficient (Wildman–Crippen LogP) is -1.18. The molecule has 146 valence electrons. The molecule has 0 spiro atoms. The molecule has 0 aromatic rings. The number of sulfonamides is 3. The molecular weight excluding hydrogens is 392 g/mol. The largest absolute Gasteiger partial charge is 0.374 e. The summed E-state index contributed by atoms with van der Waals surface area (Å²) in [5.74, 6) is -0.102. The summed E-state index contributed by atoms with van der Waals surface area (Å²) in [6, 6.07) is 0. The highest BCUT2D eigenvalue weighted by Crippen LogP contribution is 1.93. The molecule has 0 aromatic carbocycles. The molecule has 0 aromatic heterocycles. The van der Waals surface area contributed by atoms with E-state index in [9.17, 15) is 25.3 Å². The monoisotopic (exact) mass is 416 g/mol. The van der Waals surface area contributed by atoms with Crippen LogP contribution in [-0.2, 0) is 30.1 Å². The number of nitrogens with one attached hydrogen (secondary N) is 3. The highest BCUT2D eigenvalue weighted by molar-refractivity contribution is 7.92. The molecule has 0 bridgehead atoms. The van der Waals surface area contributed by atoms with Crippen molar-refractivity contribution in [2.24, 2.45) is 0 Å². The summed E-state index contributed by atoms with van der Waals surface area (Å²) >= 11 is 0. The van der Waals surface area contributed by atoms with Gasteiger partial charge in [0.1, 0.15) is 0 Å². The van der Waals surface area contributed by atoms with E-state index in [0.717, 1.165) is 10.8 Å². The normalized spacial score (nSPS) is 12.8. The molecule has 0 saturated heterocycles. The van der Waals surface area contributed by atoms with Crippen LogP contribution in [0.4, 0.5) is 0 Å². The fourth-order valence-corrected chi connectivity index (χ4v) is 2.79. The molecule has 0 heterocycles. The Balaban J connectivity index is 4.77. The van der Waals surface area contributed by atoms with Crippen LogP contribution in [0.2, 0.25) is 0 Å². The molecule has 0 aliphatic carbocycles. The van der Waals surface area contributed by atoms with Crippen LogP contribution in [0.15, 0.2) is 36.4 Å². The van der Waals surface area contributed by atoms with E-state index < -0.39 is 30.1 Å². The van der Waals surface area contributed by atoms with Crippen LogP contribution in [0.3, 0.4) is 0 Å². The molecule has 10 nitrogen and oxygen atoms in total. The Morgan fingerprint density at radius 2 is 1.32 bits per heavy atom. The van der Waals surface area contributed by atoms with E-state index in [1.807, 2.05) is 0 Å². The lowest BCUT2D eigenvalue weighted by Crippen LogP contribution is -2.36. The van der Waals surface area contributed by atoms with Crippen LogP contribution in [0.5, 0.6) is 0 Å². The highest BCUT2D eigenvalue weighted by Gasteiger charge is 2.08. The van der Waals surface area contributed by atoms with Crippen molar-refractivity contribution in [3.8, 4) is 0 Å². The van der Waals surface area contributed by atoms with Gasteiger partial charge in [0.25, 0.3) is 0 Å². The van der Waals surface area contributed by atoms with Crippen molar-refractivity contribution in [3.05, 3.63) is 36.4 Å². The molecule has 25 heavy (non-hydrogen) atoms. The molecule has 0 aliphatic rings. The second-order valence-electron chi connectivity index (χ2n) is 4.59. The van der Waals surface area contributed by atoms with E-state index in [1.54, 1.807) is 0 Å². The molecular formula is C12H24N4O6S3. The fraction of sp³-hybridized carbons (Fsp3) is 0.500. The molecule has 0 unspecified atom stereocenters. The first-order chi connectivity index (χ1) is 11.5. The fourth-order valence-electron chi connectivity index (χ4n) is 1.36. The van der Waals surface area contributed by atoms with Crippen molar-refractivity contribution in [3.63, 3.8) is 0 Å². The number of rotatable bonds is 14. The Morgan fingerprint density at radius 1 is 0.880 bits per heavy atom. The van der Waals surface area contributed by atoms with Gasteiger partial charge in [-0.15, -0.1) is 0 Å². The summed E-state index contributed by atoms with van der Waals surface area (Å²) in [6.07, 6.45) is 2.57. The maximum Gasteiger partial charge on any atom is 0.233 e. The SMILES string of the molecule is C=CS(=O)(=O)NCCN(/C=C/NS(=O)(=O)CC)CCNS(=O)(=O)C=C. The van der Waals surface area contributed by atoms with Gasteiger partial charge in [-0.1, -0.05) is 13.2 Å². The molecule has 3 N–H and O–H groups in total. The topological polar surface area (TPSA) is 142 Å². The van der Waals surface area contributed by atoms with Gasteiger partial charge in [-0.2, -0.15) is 0 Å². The first-order valence-electron chi connectivity index (χ1n) is 7.12. The Morgan fingerprint density at radius 3 is 1.68 bits per heavy atom. The molecule has 0 amide bonds. The van der Waals surface area contributed by atoms with E-state index >= 15 is 0 Å². The van der Waals surface area contributed by atoms with Gasteiger partial charge in [0, 0.05) is 49.4 Å². The zero-order valence-electron chi connectivity index (χ0n) is 13.9. The van der Waals surface area contributed by atoms with E-state index in [2.05, 4.69) is 27.3 Å². The second-order valence-corrected chi connectivity index (χ2v) is 10.1. The summed E-state index contributed by atoms with van der Waals surface area (Å²) in [4.78, 5) is 1.54. The maximum atomic E-state index is 11.4. The average Bonchev–Trinajstić information content (AvgIpc) is 2.54. The van der Waals surface area contributed by atoms with Gasteiger partial charge in [-0.25, -0.2) is 34.7 Å². The minimum atomic E-state index is -3.58. The molecule has 0 fully saturated rings. The number of hydrogen-bond donors (Lipinski definition) is 3. The van der Waals surface area contributed by atoms with Crippen molar-refractivity contribution in [2.45, 2.75) is 6.92 Å². The van der Waals surface area contributed by atoms with Crippen LogP contribution in [0, 0.1) is 0 Å². The third-order valence-corrected chi connectivity index (χ3v) is 6.10. The quantitative estimate of drug-likeness (QED) is 0.324. The summed E-state index contributed by atoms with van der Waals surface area (Å²) in [7, 11) is -10.6. The van der Waals surface area contributed by atoms with Gasteiger partial charge in [-0.3, -0.25) is 4.72 Å². The van der Waals surface area contributed by atoms with Crippen molar-refractivity contribution >= 4 is 30.1 Å². The average molecular weight is 417 g/mol. The Kier molecular flexibility index (Phi) is 9.96. The zero-order valence-corrected chi connectivity index (χ0v) is 16.3. The van der Waals surface area contributed by atoms with Crippen LogP contribution in [-0.4, -0.2) is 62.1 Å². The lowest BCUT2D eigenvalue weighted by Gasteiger charge is -2.20. The Hall–Kier alpha value is -1.41. The summed E-state index contributed by atoms with van der Waals surface area (Å²) in [5, 5.41) is 1.53. The smallest absolute Gasteiger partial charge is 0.233 e. The summed E-state index contributed by atoms with van der Waals surface area (Å²) in [5.41, 5.74) is 0. The Labute approximate surface area is 149 Å². The van der Waals surface area contributed by atoms with E-state index in [0.29, 0.717) is 0 Å². The van der Waals surface area contributed by atoms with Crippen LogP contribution < -0.4 is 14.2 Å². The van der Waals surface area contributed by atoms with E-state index in [1.165, 1.54) is 24.2 Å². The number of nitrogens with zero attached hydrogens (tertiary/aromatic N) is 1. The molecule has 13 heteroatoms. The van der Waals surface area contributed by atoms with Crippen molar-refractivity contribution in [1.29, 1.82) is 0 Å². The first-order valence-corrected chi connectivity index (χ1v) is 11.9. The third kappa shape index (κ3) is 11.7. The van der Waals surface area contributed by atoms with Gasteiger partial charge >= 0.3 is 0 Å². The van der Waals surface area contributed by atoms with Crippen LogP contribution in [0.1, 0.15) is 6.92 Å². The molecule has 0 atom stereocenters. The predicted molar refractivity (Wildman–Crippen MR) is 97.5 cm³/mol. The van der Waals surface area contributed by atoms with Gasteiger partial charge in [0.15, 0.2) is 0 Å². The molecule has 0 saturated carbocycles. The van der Waals surface area contributed by atoms with Crippen molar-refractivity contribution < 1.29 is 25.3 Å². The van der Waals surface area contributed by atoms with Gasteiger partial charge in [-0.05, 0) is 6.92 Å². The molecule has 0 rings (SSSR count). The maximum absolute atomic E-state index is 11.4. The van der Waals surface area contributed by atoms with E-state index in [4.69, 9.17) is 0 Å². The highest BCUT2D eigenvalue weighted by atomic mass is 32.2. The number of hydrogen-bond acceptors (Lipinski definition) is 7. The summed E-state index contributed by atoms with van der Waals surface area (Å²) < 4.78 is 74.6. The van der Waals surface area contributed by atoms with Crippen molar-refractivity contribution in [2.75, 3.05) is 31.9 Å². The van der Waals surface area contributed by atoms with Gasteiger partial charge in [0.2, 0.25) is 30.1 Å². The van der Waals surface area contributed by atoms with Crippen LogP contribution >= 0.6 is 0 Å². The van der Waals surface area contributed by atoms with Gasteiger partial charge in [0.05, 0.1) is 5.75 Å².